The van der Waals surface area contributed by atoms with Crippen molar-refractivity contribution < 1.29 is 14.7 Å². The van der Waals surface area contributed by atoms with Gasteiger partial charge in [0.2, 0.25) is 0 Å². The molecule has 0 heterocycles. The number of rotatable bonds is 3. The number of carbonyl (C=O) groups is 2. The van der Waals surface area contributed by atoms with Crippen molar-refractivity contribution in [1.82, 2.24) is 0 Å². The Balaban J connectivity index is 2.31. The standard InChI is InChI=1S/C15H11BrClNO3/c1-8-3-2-4-12(13(8)17)14(19)18-11-6-9(15(20)21)5-10(16)7-11/h2-7H,1H3,(H,18,19)(H,20,21). The van der Waals surface area contributed by atoms with Crippen LogP contribution in [0.1, 0.15) is 26.3 Å². The molecule has 0 unspecified atom stereocenters. The zero-order chi connectivity index (χ0) is 15.6. The highest BCUT2D eigenvalue weighted by Crippen LogP contribution is 2.23. The first kappa shape index (κ1) is 15.5. The van der Waals surface area contributed by atoms with E-state index < -0.39 is 11.9 Å². The van der Waals surface area contributed by atoms with E-state index in [0.29, 0.717) is 20.7 Å². The van der Waals surface area contributed by atoms with E-state index in [-0.39, 0.29) is 5.56 Å². The summed E-state index contributed by atoms with van der Waals surface area (Å²) in [5.41, 5.74) is 1.60. The van der Waals surface area contributed by atoms with E-state index in [9.17, 15) is 9.59 Å². The quantitative estimate of drug-likeness (QED) is 0.846. The molecule has 0 fully saturated rings. The number of amides is 1. The Hall–Kier alpha value is -1.85. The van der Waals surface area contributed by atoms with Crippen LogP contribution in [0.15, 0.2) is 40.9 Å². The molecule has 0 aliphatic heterocycles. The van der Waals surface area contributed by atoms with E-state index in [1.165, 1.54) is 12.1 Å². The van der Waals surface area contributed by atoms with Gasteiger partial charge >= 0.3 is 5.97 Å². The number of aromatic carboxylic acids is 1. The summed E-state index contributed by atoms with van der Waals surface area (Å²) in [6.45, 7) is 1.81. The van der Waals surface area contributed by atoms with Gasteiger partial charge in [-0.15, -0.1) is 0 Å². The second-order valence-corrected chi connectivity index (χ2v) is 5.72. The summed E-state index contributed by atoms with van der Waals surface area (Å²) in [6, 6.07) is 9.61. The van der Waals surface area contributed by atoms with E-state index in [0.717, 1.165) is 5.56 Å². The van der Waals surface area contributed by atoms with Crippen molar-refractivity contribution in [3.8, 4) is 0 Å². The van der Waals surface area contributed by atoms with Gasteiger partial charge in [-0.05, 0) is 36.8 Å². The maximum Gasteiger partial charge on any atom is 0.335 e. The van der Waals surface area contributed by atoms with Gasteiger partial charge in [0.15, 0.2) is 0 Å². The Labute approximate surface area is 134 Å². The highest BCUT2D eigenvalue weighted by Gasteiger charge is 2.13. The van der Waals surface area contributed by atoms with Crippen LogP contribution in [-0.2, 0) is 0 Å². The number of aryl methyl sites for hydroxylation is 1. The summed E-state index contributed by atoms with van der Waals surface area (Å²) in [5, 5.41) is 12.0. The van der Waals surface area contributed by atoms with Crippen molar-refractivity contribution in [3.63, 3.8) is 0 Å². The molecule has 0 bridgehead atoms. The molecule has 2 aromatic rings. The van der Waals surface area contributed by atoms with Crippen LogP contribution in [0.5, 0.6) is 0 Å². The van der Waals surface area contributed by atoms with Gasteiger partial charge in [-0.3, -0.25) is 4.79 Å². The molecule has 0 aliphatic rings. The Morgan fingerprint density at radius 3 is 2.62 bits per heavy atom. The normalized spacial score (nSPS) is 10.2. The lowest BCUT2D eigenvalue weighted by Crippen LogP contribution is -2.13. The van der Waals surface area contributed by atoms with Gasteiger partial charge in [-0.2, -0.15) is 0 Å². The largest absolute Gasteiger partial charge is 0.478 e. The zero-order valence-corrected chi connectivity index (χ0v) is 13.3. The van der Waals surface area contributed by atoms with Crippen molar-refractivity contribution >= 4 is 45.1 Å². The number of carboxylic acids is 1. The first-order chi connectivity index (χ1) is 9.88. The van der Waals surface area contributed by atoms with Gasteiger partial charge in [0, 0.05) is 10.2 Å². The predicted molar refractivity (Wildman–Crippen MR) is 85.2 cm³/mol. The monoisotopic (exact) mass is 367 g/mol. The van der Waals surface area contributed by atoms with Gasteiger partial charge in [0.25, 0.3) is 5.91 Å². The molecule has 0 radical (unpaired) electrons. The van der Waals surface area contributed by atoms with E-state index in [1.807, 2.05) is 0 Å². The molecule has 0 atom stereocenters. The van der Waals surface area contributed by atoms with E-state index >= 15 is 0 Å². The van der Waals surface area contributed by atoms with Crippen molar-refractivity contribution in [2.75, 3.05) is 5.32 Å². The highest BCUT2D eigenvalue weighted by atomic mass is 79.9. The molecule has 0 saturated heterocycles. The number of hydrogen-bond acceptors (Lipinski definition) is 2. The minimum Gasteiger partial charge on any atom is -0.478 e. The van der Waals surface area contributed by atoms with Crippen molar-refractivity contribution in [2.45, 2.75) is 6.92 Å². The van der Waals surface area contributed by atoms with Gasteiger partial charge in [0.1, 0.15) is 0 Å². The summed E-state index contributed by atoms with van der Waals surface area (Å²) >= 11 is 9.32. The van der Waals surface area contributed by atoms with Crippen molar-refractivity contribution in [2.24, 2.45) is 0 Å². The van der Waals surface area contributed by atoms with Crippen LogP contribution in [-0.4, -0.2) is 17.0 Å². The van der Waals surface area contributed by atoms with Gasteiger partial charge in [-0.1, -0.05) is 39.7 Å². The highest BCUT2D eigenvalue weighted by molar-refractivity contribution is 9.10. The second-order valence-electron chi connectivity index (χ2n) is 4.42. The van der Waals surface area contributed by atoms with E-state index in [1.54, 1.807) is 31.2 Å². The number of hydrogen-bond donors (Lipinski definition) is 2. The Kier molecular flexibility index (Phi) is 4.65. The molecule has 1 amide bonds. The molecule has 0 aromatic heterocycles. The zero-order valence-electron chi connectivity index (χ0n) is 11.0. The average Bonchev–Trinajstić information content (AvgIpc) is 2.41. The molecule has 0 aliphatic carbocycles. The SMILES string of the molecule is Cc1cccc(C(=O)Nc2cc(Br)cc(C(=O)O)c2)c1Cl. The number of halogens is 2. The fraction of sp³-hybridized carbons (Fsp3) is 0.0667. The second kappa shape index (κ2) is 6.28. The van der Waals surface area contributed by atoms with E-state index in [2.05, 4.69) is 21.2 Å². The number of nitrogens with one attached hydrogen (secondary N) is 1. The molecular formula is C15H11BrClNO3. The lowest BCUT2D eigenvalue weighted by atomic mass is 10.1. The number of anilines is 1. The van der Waals surface area contributed by atoms with Gasteiger partial charge in [0.05, 0.1) is 16.1 Å². The molecule has 4 nitrogen and oxygen atoms in total. The Morgan fingerprint density at radius 2 is 1.95 bits per heavy atom. The molecule has 0 spiro atoms. The molecule has 2 N–H and O–H groups in total. The topological polar surface area (TPSA) is 66.4 Å². The third kappa shape index (κ3) is 3.62. The van der Waals surface area contributed by atoms with Crippen LogP contribution >= 0.6 is 27.5 Å². The van der Waals surface area contributed by atoms with Crippen LogP contribution < -0.4 is 5.32 Å². The maximum absolute atomic E-state index is 12.2. The fourth-order valence-corrected chi connectivity index (χ4v) is 2.51. The molecule has 0 saturated carbocycles. The van der Waals surface area contributed by atoms with Crippen LogP contribution in [0.25, 0.3) is 0 Å². The average molecular weight is 369 g/mol. The molecule has 6 heteroatoms. The fourth-order valence-electron chi connectivity index (χ4n) is 1.81. The maximum atomic E-state index is 12.2. The van der Waals surface area contributed by atoms with Gasteiger partial charge in [-0.25, -0.2) is 4.79 Å². The number of carbonyl (C=O) groups excluding carboxylic acids is 1. The third-order valence-corrected chi connectivity index (χ3v) is 3.80. The van der Waals surface area contributed by atoms with Crippen molar-refractivity contribution in [3.05, 3.63) is 62.6 Å². The van der Waals surface area contributed by atoms with Crippen molar-refractivity contribution in [1.29, 1.82) is 0 Å². The summed E-state index contributed by atoms with van der Waals surface area (Å²) < 4.78 is 0.563. The van der Waals surface area contributed by atoms with Crippen LogP contribution in [0.3, 0.4) is 0 Å². The molecular weight excluding hydrogens is 358 g/mol. The van der Waals surface area contributed by atoms with Crippen LogP contribution in [0.4, 0.5) is 5.69 Å². The minimum absolute atomic E-state index is 0.0787. The van der Waals surface area contributed by atoms with Crippen LogP contribution in [0, 0.1) is 6.92 Å². The summed E-state index contributed by atoms with van der Waals surface area (Å²) in [5.74, 6) is -1.46. The van der Waals surface area contributed by atoms with Crippen LogP contribution in [0.2, 0.25) is 5.02 Å². The Bertz CT molecular complexity index is 731. The third-order valence-electron chi connectivity index (χ3n) is 2.84. The lowest BCUT2D eigenvalue weighted by Gasteiger charge is -2.09. The molecule has 2 rings (SSSR count). The molecule has 21 heavy (non-hydrogen) atoms. The molecule has 108 valence electrons. The Morgan fingerprint density at radius 1 is 1.24 bits per heavy atom. The predicted octanol–water partition coefficient (Wildman–Crippen LogP) is 4.36. The van der Waals surface area contributed by atoms with Gasteiger partial charge < -0.3 is 10.4 Å². The van der Waals surface area contributed by atoms with E-state index in [4.69, 9.17) is 16.7 Å². The number of carboxylic acid groups (broad SMARTS) is 1. The minimum atomic E-state index is -1.07. The molecule has 2 aromatic carbocycles. The first-order valence-corrected chi connectivity index (χ1v) is 7.16. The first-order valence-electron chi connectivity index (χ1n) is 5.99. The summed E-state index contributed by atoms with van der Waals surface area (Å²) in [4.78, 5) is 23.2. The summed E-state index contributed by atoms with van der Waals surface area (Å²) in [6.07, 6.45) is 0. The number of benzene rings is 2. The summed E-state index contributed by atoms with van der Waals surface area (Å²) in [7, 11) is 0. The smallest absolute Gasteiger partial charge is 0.335 e. The lowest BCUT2D eigenvalue weighted by molar-refractivity contribution is 0.0696.